The Morgan fingerprint density at radius 1 is 1.23 bits per heavy atom. The molecule has 22 heavy (non-hydrogen) atoms. The Labute approximate surface area is 122 Å². The summed E-state index contributed by atoms with van der Waals surface area (Å²) in [6.07, 6.45) is -5.62. The Kier molecular flexibility index (Phi) is 4.25. The second kappa shape index (κ2) is 5.69. The van der Waals surface area contributed by atoms with Crippen LogP contribution in [0.3, 0.4) is 0 Å². The molecule has 0 unspecified atom stereocenters. The molecule has 1 aromatic rings. The van der Waals surface area contributed by atoms with Gasteiger partial charge in [0.25, 0.3) is 0 Å². The maximum Gasteiger partial charge on any atom is 0.433 e. The normalized spacial score (nSPS) is 18.9. The van der Waals surface area contributed by atoms with Crippen LogP contribution in [-0.2, 0) is 6.18 Å². The van der Waals surface area contributed by atoms with Crippen molar-refractivity contribution < 1.29 is 31.9 Å². The topological polar surface area (TPSA) is 53.4 Å². The summed E-state index contributed by atoms with van der Waals surface area (Å²) >= 11 is 0. The molecule has 1 saturated heterocycles. The van der Waals surface area contributed by atoms with E-state index in [2.05, 4.69) is 4.98 Å². The summed E-state index contributed by atoms with van der Waals surface area (Å²) in [5.41, 5.74) is -1.68. The fourth-order valence-electron chi connectivity index (χ4n) is 2.29. The number of hydrogen-bond acceptors (Lipinski definition) is 3. The van der Waals surface area contributed by atoms with E-state index in [4.69, 9.17) is 5.11 Å². The van der Waals surface area contributed by atoms with E-state index in [0.717, 1.165) is 6.07 Å². The summed E-state index contributed by atoms with van der Waals surface area (Å²) in [7, 11) is 0. The number of hydrogen-bond donors (Lipinski definition) is 1. The molecule has 1 fully saturated rings. The smallest absolute Gasteiger partial charge is 0.433 e. The van der Waals surface area contributed by atoms with Crippen molar-refractivity contribution >= 4 is 11.8 Å². The van der Waals surface area contributed by atoms with Crippen LogP contribution in [0, 0.1) is 0 Å². The van der Waals surface area contributed by atoms with Gasteiger partial charge in [-0.05, 0) is 18.6 Å². The Morgan fingerprint density at radius 2 is 1.91 bits per heavy atom. The molecule has 1 aromatic heterocycles. The van der Waals surface area contributed by atoms with Gasteiger partial charge in [-0.25, -0.2) is 18.6 Å². The van der Waals surface area contributed by atoms with Gasteiger partial charge in [0.1, 0.15) is 17.1 Å². The Bertz CT molecular complexity index is 574. The van der Waals surface area contributed by atoms with Gasteiger partial charge in [-0.15, -0.1) is 0 Å². The van der Waals surface area contributed by atoms with Gasteiger partial charge in [0.2, 0.25) is 5.92 Å². The van der Waals surface area contributed by atoms with Crippen LogP contribution in [0.25, 0.3) is 0 Å². The van der Waals surface area contributed by atoms with Gasteiger partial charge in [0.05, 0.1) is 0 Å². The van der Waals surface area contributed by atoms with Gasteiger partial charge in [-0.3, -0.25) is 0 Å². The van der Waals surface area contributed by atoms with Crippen molar-refractivity contribution in [3.8, 4) is 0 Å². The van der Waals surface area contributed by atoms with E-state index in [-0.39, 0.29) is 25.9 Å². The van der Waals surface area contributed by atoms with Crippen LogP contribution in [0.15, 0.2) is 12.1 Å². The van der Waals surface area contributed by atoms with Crippen LogP contribution in [-0.4, -0.2) is 35.1 Å². The second-order valence-electron chi connectivity index (χ2n) is 5.07. The van der Waals surface area contributed by atoms with E-state index in [1.165, 1.54) is 4.90 Å². The molecular weight excluding hydrogens is 311 g/mol. The number of carboxylic acid groups (broad SMARTS) is 1. The Morgan fingerprint density at radius 3 is 2.50 bits per heavy atom. The standard InChI is InChI=1S/C13H13F5N2O2/c14-12(15)4-1-6-20(7-5-12)10-8(11(21)22)2-3-9(19-10)13(16,17)18/h2-3H,1,4-7H2,(H,21,22). The van der Waals surface area contributed by atoms with Gasteiger partial charge >= 0.3 is 12.1 Å². The number of rotatable bonds is 2. The summed E-state index contributed by atoms with van der Waals surface area (Å²) < 4.78 is 64.8. The number of anilines is 1. The number of carboxylic acids is 1. The number of pyridine rings is 1. The van der Waals surface area contributed by atoms with Crippen LogP contribution >= 0.6 is 0 Å². The number of carbonyl (C=O) groups is 1. The fourth-order valence-corrected chi connectivity index (χ4v) is 2.29. The van der Waals surface area contributed by atoms with E-state index in [9.17, 15) is 26.7 Å². The van der Waals surface area contributed by atoms with Crippen molar-refractivity contribution in [3.05, 3.63) is 23.4 Å². The van der Waals surface area contributed by atoms with Gasteiger partial charge in [0.15, 0.2) is 0 Å². The zero-order chi connectivity index (χ0) is 16.5. The molecule has 9 heteroatoms. The molecule has 2 rings (SSSR count). The van der Waals surface area contributed by atoms with Gasteiger partial charge in [-0.1, -0.05) is 0 Å². The first-order chi connectivity index (χ1) is 10.1. The monoisotopic (exact) mass is 324 g/mol. The quantitative estimate of drug-likeness (QED) is 0.847. The first-order valence-electron chi connectivity index (χ1n) is 6.54. The van der Waals surface area contributed by atoms with Crippen LogP contribution < -0.4 is 4.90 Å². The van der Waals surface area contributed by atoms with Crippen molar-refractivity contribution in [2.24, 2.45) is 0 Å². The molecule has 1 aliphatic heterocycles. The van der Waals surface area contributed by atoms with E-state index in [1.54, 1.807) is 0 Å². The van der Waals surface area contributed by atoms with Crippen molar-refractivity contribution in [1.29, 1.82) is 0 Å². The van der Waals surface area contributed by atoms with Crippen LogP contribution in [0.5, 0.6) is 0 Å². The highest BCUT2D eigenvalue weighted by molar-refractivity contribution is 5.93. The second-order valence-corrected chi connectivity index (χ2v) is 5.07. The van der Waals surface area contributed by atoms with Gasteiger partial charge < -0.3 is 10.0 Å². The number of nitrogens with zero attached hydrogens (tertiary/aromatic N) is 2. The highest BCUT2D eigenvalue weighted by atomic mass is 19.4. The molecule has 4 nitrogen and oxygen atoms in total. The highest BCUT2D eigenvalue weighted by Gasteiger charge is 2.36. The number of aromatic carboxylic acids is 1. The Hall–Kier alpha value is -1.93. The van der Waals surface area contributed by atoms with E-state index in [1.807, 2.05) is 0 Å². The fraction of sp³-hybridized carbons (Fsp3) is 0.538. The van der Waals surface area contributed by atoms with Gasteiger partial charge in [-0.2, -0.15) is 13.2 Å². The van der Waals surface area contributed by atoms with E-state index < -0.39 is 41.6 Å². The lowest BCUT2D eigenvalue weighted by atomic mass is 10.1. The summed E-state index contributed by atoms with van der Waals surface area (Å²) in [5, 5.41) is 9.07. The molecule has 1 aliphatic rings. The lowest BCUT2D eigenvalue weighted by Crippen LogP contribution is -2.29. The molecule has 0 bridgehead atoms. The summed E-state index contributed by atoms with van der Waals surface area (Å²) in [5.74, 6) is -4.77. The van der Waals surface area contributed by atoms with Crippen LogP contribution in [0.1, 0.15) is 35.3 Å². The molecule has 0 aliphatic carbocycles. The maximum atomic E-state index is 13.3. The van der Waals surface area contributed by atoms with Crippen molar-refractivity contribution in [3.63, 3.8) is 0 Å². The third kappa shape index (κ3) is 3.63. The molecule has 1 N–H and O–H groups in total. The molecule has 0 saturated carbocycles. The summed E-state index contributed by atoms with van der Waals surface area (Å²) in [6.45, 7) is -0.216. The summed E-state index contributed by atoms with van der Waals surface area (Å²) in [6, 6.07) is 1.37. The number of aromatic nitrogens is 1. The molecular formula is C13H13F5N2O2. The van der Waals surface area contributed by atoms with Crippen molar-refractivity contribution in [2.45, 2.75) is 31.4 Å². The third-order valence-corrected chi connectivity index (χ3v) is 3.41. The minimum atomic E-state index is -4.73. The molecule has 0 amide bonds. The van der Waals surface area contributed by atoms with Crippen molar-refractivity contribution in [2.75, 3.05) is 18.0 Å². The number of alkyl halides is 5. The lowest BCUT2D eigenvalue weighted by molar-refractivity contribution is -0.141. The average Bonchev–Trinajstić information content (AvgIpc) is 2.58. The third-order valence-electron chi connectivity index (χ3n) is 3.41. The average molecular weight is 324 g/mol. The molecule has 0 aromatic carbocycles. The number of halogens is 5. The maximum absolute atomic E-state index is 13.3. The van der Waals surface area contributed by atoms with Gasteiger partial charge in [0, 0.05) is 25.9 Å². The van der Waals surface area contributed by atoms with E-state index in [0.29, 0.717) is 6.07 Å². The molecule has 0 radical (unpaired) electrons. The van der Waals surface area contributed by atoms with Crippen LogP contribution in [0.2, 0.25) is 0 Å². The van der Waals surface area contributed by atoms with Crippen molar-refractivity contribution in [1.82, 2.24) is 4.98 Å². The zero-order valence-corrected chi connectivity index (χ0v) is 11.3. The Balaban J connectivity index is 2.40. The molecule has 0 atom stereocenters. The molecule has 122 valence electrons. The first-order valence-corrected chi connectivity index (χ1v) is 6.54. The minimum Gasteiger partial charge on any atom is -0.478 e. The zero-order valence-electron chi connectivity index (χ0n) is 11.3. The van der Waals surface area contributed by atoms with Crippen LogP contribution in [0.4, 0.5) is 27.8 Å². The lowest BCUT2D eigenvalue weighted by Gasteiger charge is -2.24. The SMILES string of the molecule is O=C(O)c1ccc(C(F)(F)F)nc1N1CCCC(F)(F)CC1. The largest absolute Gasteiger partial charge is 0.478 e. The minimum absolute atomic E-state index is 0.0319. The van der Waals surface area contributed by atoms with E-state index >= 15 is 0 Å². The predicted octanol–water partition coefficient (Wildman–Crippen LogP) is 3.42. The molecule has 2 heterocycles. The first kappa shape index (κ1) is 16.4. The molecule has 0 spiro atoms. The predicted molar refractivity (Wildman–Crippen MR) is 67.2 cm³/mol. The highest BCUT2D eigenvalue weighted by Crippen LogP contribution is 2.33. The summed E-state index contributed by atoms with van der Waals surface area (Å²) in [4.78, 5) is 15.7.